The molecule has 1 heterocycles. The van der Waals surface area contributed by atoms with E-state index in [4.69, 9.17) is 34.8 Å². The van der Waals surface area contributed by atoms with Crippen LogP contribution in [0.4, 0.5) is 16.2 Å². The summed E-state index contributed by atoms with van der Waals surface area (Å²) in [6.07, 6.45) is 0. The molecule has 0 spiro atoms. The highest BCUT2D eigenvalue weighted by Crippen LogP contribution is 2.31. The Morgan fingerprint density at radius 2 is 1.84 bits per heavy atom. The lowest BCUT2D eigenvalue weighted by Crippen LogP contribution is -2.28. The summed E-state index contributed by atoms with van der Waals surface area (Å²) in [5.41, 5.74) is 1.16. The van der Waals surface area contributed by atoms with Gasteiger partial charge >= 0.3 is 6.03 Å². The molecular formula is C16H17Cl3N4OS. The van der Waals surface area contributed by atoms with Crippen LogP contribution in [0.2, 0.25) is 15.3 Å². The zero-order valence-corrected chi connectivity index (χ0v) is 16.7. The highest BCUT2D eigenvalue weighted by atomic mass is 35.5. The Balaban J connectivity index is 0.00000151. The molecule has 134 valence electrons. The molecule has 9 heteroatoms. The van der Waals surface area contributed by atoms with Crippen molar-refractivity contribution in [2.75, 3.05) is 11.2 Å². The number of carbonyl (C=O) groups is 1. The summed E-state index contributed by atoms with van der Waals surface area (Å²) in [5, 5.41) is 6.29. The normalized spacial score (nSPS) is 9.64. The number of hydrogen-bond donors (Lipinski definition) is 2. The number of halogens is 3. The Morgan fingerprint density at radius 1 is 1.20 bits per heavy atom. The number of aliphatic imine (C=N–C) groups is 1. The van der Waals surface area contributed by atoms with Crippen molar-refractivity contribution >= 4 is 70.7 Å². The monoisotopic (exact) mass is 418 g/mol. The van der Waals surface area contributed by atoms with Crippen LogP contribution in [0.15, 0.2) is 40.2 Å². The van der Waals surface area contributed by atoms with Gasteiger partial charge < -0.3 is 10.6 Å². The number of aromatic nitrogens is 1. The molecule has 25 heavy (non-hydrogen) atoms. The molecule has 1 aromatic heterocycles. The van der Waals surface area contributed by atoms with Crippen LogP contribution in [-0.2, 0) is 0 Å². The third kappa shape index (κ3) is 7.52. The van der Waals surface area contributed by atoms with Gasteiger partial charge in [0.05, 0.1) is 11.6 Å². The van der Waals surface area contributed by atoms with Crippen molar-refractivity contribution in [2.45, 2.75) is 18.7 Å². The number of rotatable bonds is 5. The molecule has 0 radical (unpaired) electrons. The average Bonchev–Trinajstić information content (AvgIpc) is 2.56. The van der Waals surface area contributed by atoms with Gasteiger partial charge in [0.15, 0.2) is 0 Å². The van der Waals surface area contributed by atoms with Gasteiger partial charge in [0, 0.05) is 15.6 Å². The molecule has 2 N–H and O–H groups in total. The first-order valence-electron chi connectivity index (χ1n) is 7.25. The first kappa shape index (κ1) is 21.6. The molecule has 2 rings (SSSR count). The number of thioether (sulfide) groups is 1. The summed E-state index contributed by atoms with van der Waals surface area (Å²) >= 11 is 18.9. The lowest BCUT2D eigenvalue weighted by molar-refractivity contribution is 0.253. The second-order valence-electron chi connectivity index (χ2n) is 4.19. The van der Waals surface area contributed by atoms with Crippen molar-refractivity contribution in [3.63, 3.8) is 0 Å². The molecule has 0 bridgehead atoms. The quantitative estimate of drug-likeness (QED) is 0.260. The predicted molar refractivity (Wildman–Crippen MR) is 109 cm³/mol. The van der Waals surface area contributed by atoms with Crippen molar-refractivity contribution in [1.29, 1.82) is 0 Å². The molecule has 0 fully saturated rings. The fourth-order valence-corrected chi connectivity index (χ4v) is 3.17. The van der Waals surface area contributed by atoms with E-state index in [1.54, 1.807) is 18.2 Å². The fourth-order valence-electron chi connectivity index (χ4n) is 1.63. The van der Waals surface area contributed by atoms with E-state index >= 15 is 0 Å². The van der Waals surface area contributed by atoms with E-state index < -0.39 is 6.03 Å². The van der Waals surface area contributed by atoms with Crippen LogP contribution in [0.3, 0.4) is 0 Å². The third-order valence-corrected chi connectivity index (χ3v) is 4.12. The largest absolute Gasteiger partial charge is 0.328 e. The van der Waals surface area contributed by atoms with Crippen molar-refractivity contribution in [2.24, 2.45) is 4.99 Å². The first-order chi connectivity index (χ1) is 12.0. The highest BCUT2D eigenvalue weighted by molar-refractivity contribution is 7.99. The molecule has 0 saturated heterocycles. The first-order valence-corrected chi connectivity index (χ1v) is 9.37. The van der Waals surface area contributed by atoms with E-state index in [2.05, 4.69) is 27.3 Å². The number of pyridine rings is 1. The number of nitrogens with one attached hydrogen (secondary N) is 2. The van der Waals surface area contributed by atoms with Gasteiger partial charge in [-0.2, -0.15) is 0 Å². The summed E-state index contributed by atoms with van der Waals surface area (Å²) in [6, 6.07) is 7.85. The molecule has 0 atom stereocenters. The van der Waals surface area contributed by atoms with Gasteiger partial charge in [-0.25, -0.2) is 9.78 Å². The maximum atomic E-state index is 11.8. The van der Waals surface area contributed by atoms with Crippen molar-refractivity contribution < 1.29 is 4.79 Å². The summed E-state index contributed by atoms with van der Waals surface area (Å²) in [4.78, 5) is 20.4. The summed E-state index contributed by atoms with van der Waals surface area (Å²) in [5.74, 6) is 0.321. The Kier molecular flexibility index (Phi) is 9.67. The van der Waals surface area contributed by atoms with Gasteiger partial charge in [-0.1, -0.05) is 48.7 Å². The van der Waals surface area contributed by atoms with Gasteiger partial charge in [-0.3, -0.25) is 4.99 Å². The Bertz CT molecular complexity index is 723. The average molecular weight is 420 g/mol. The summed E-state index contributed by atoms with van der Waals surface area (Å²) in [6.45, 7) is 7.50. The second kappa shape index (κ2) is 11.2. The van der Waals surface area contributed by atoms with Crippen molar-refractivity contribution in [3.05, 3.63) is 45.7 Å². The van der Waals surface area contributed by atoms with Crippen LogP contribution < -0.4 is 10.6 Å². The Labute approximate surface area is 166 Å². The van der Waals surface area contributed by atoms with E-state index in [1.807, 2.05) is 13.8 Å². The number of anilines is 1. The summed E-state index contributed by atoms with van der Waals surface area (Å²) in [7, 11) is 0. The topological polar surface area (TPSA) is 66.4 Å². The maximum Gasteiger partial charge on any atom is 0.319 e. The molecule has 0 aliphatic heterocycles. The van der Waals surface area contributed by atoms with Crippen molar-refractivity contribution in [1.82, 2.24) is 10.3 Å². The SMILES string of the molecule is C=Nc1ccc(Cl)cc1SCNC(=O)Nc1cc(Cl)nc(Cl)c1.CC. The van der Waals surface area contributed by atoms with Crippen LogP contribution in [-0.4, -0.2) is 23.6 Å². The molecule has 2 aromatic rings. The fraction of sp³-hybridized carbons (Fsp3) is 0.188. The molecule has 5 nitrogen and oxygen atoms in total. The van der Waals surface area contributed by atoms with Crippen LogP contribution in [0.5, 0.6) is 0 Å². The standard InChI is InChI=1S/C14H11Cl3N4OS.C2H6/c1-18-10-3-2-8(15)4-11(10)23-7-19-14(22)20-9-5-12(16)21-13(17)6-9;1-2/h2-6H,1,7H2,(H2,19,20,21,22);1-2H3. The minimum Gasteiger partial charge on any atom is -0.328 e. The van der Waals surface area contributed by atoms with E-state index in [0.717, 1.165) is 4.90 Å². The van der Waals surface area contributed by atoms with Gasteiger partial charge in [-0.15, -0.1) is 11.8 Å². The molecule has 0 saturated carbocycles. The number of carbonyl (C=O) groups excluding carboxylic acids is 1. The molecule has 2 amide bonds. The molecule has 0 aliphatic rings. The van der Waals surface area contributed by atoms with Crippen molar-refractivity contribution in [3.8, 4) is 0 Å². The zero-order chi connectivity index (χ0) is 18.8. The number of nitrogens with zero attached hydrogens (tertiary/aromatic N) is 2. The lowest BCUT2D eigenvalue weighted by atomic mass is 10.3. The van der Waals surface area contributed by atoms with Crippen LogP contribution in [0, 0.1) is 0 Å². The van der Waals surface area contributed by atoms with Gasteiger partial charge in [-0.05, 0) is 37.0 Å². The minimum absolute atomic E-state index is 0.197. The van der Waals surface area contributed by atoms with E-state index in [1.165, 1.54) is 23.9 Å². The number of urea groups is 1. The maximum absolute atomic E-state index is 11.8. The third-order valence-electron chi connectivity index (χ3n) is 2.57. The smallest absolute Gasteiger partial charge is 0.319 e. The molecule has 0 aliphatic carbocycles. The zero-order valence-electron chi connectivity index (χ0n) is 13.6. The molecule has 0 unspecified atom stereocenters. The van der Waals surface area contributed by atoms with E-state index in [0.29, 0.717) is 22.3 Å². The lowest BCUT2D eigenvalue weighted by Gasteiger charge is -2.09. The van der Waals surface area contributed by atoms with Gasteiger partial charge in [0.25, 0.3) is 0 Å². The van der Waals surface area contributed by atoms with Gasteiger partial charge in [0.1, 0.15) is 10.3 Å². The van der Waals surface area contributed by atoms with E-state index in [-0.39, 0.29) is 10.3 Å². The molecule has 1 aromatic carbocycles. The second-order valence-corrected chi connectivity index (χ2v) is 6.42. The van der Waals surface area contributed by atoms with Gasteiger partial charge in [0.2, 0.25) is 0 Å². The Morgan fingerprint density at radius 3 is 2.44 bits per heavy atom. The Hall–Kier alpha value is -1.47. The highest BCUT2D eigenvalue weighted by Gasteiger charge is 2.06. The van der Waals surface area contributed by atoms with Crippen LogP contribution in [0.25, 0.3) is 0 Å². The predicted octanol–water partition coefficient (Wildman–Crippen LogP) is 6.27. The number of hydrogen-bond acceptors (Lipinski definition) is 4. The minimum atomic E-state index is -0.397. The number of benzene rings is 1. The summed E-state index contributed by atoms with van der Waals surface area (Å²) < 4.78 is 0. The van der Waals surface area contributed by atoms with E-state index in [9.17, 15) is 4.79 Å². The molecular weight excluding hydrogens is 403 g/mol. The van der Waals surface area contributed by atoms with Crippen LogP contribution in [0.1, 0.15) is 13.8 Å². The van der Waals surface area contributed by atoms with Crippen LogP contribution >= 0.6 is 46.6 Å². The number of amides is 2.